The molecule has 0 saturated carbocycles. The molecule has 2 aromatic heterocycles. The van der Waals surface area contributed by atoms with Crippen molar-refractivity contribution in [1.82, 2.24) is 19.9 Å². The van der Waals surface area contributed by atoms with E-state index in [1.165, 1.54) is 6.20 Å². The third kappa shape index (κ3) is 4.12. The molecule has 0 aromatic carbocycles. The lowest BCUT2D eigenvalue weighted by Gasteiger charge is -2.04. The van der Waals surface area contributed by atoms with Gasteiger partial charge in [-0.3, -0.25) is 24.5 Å². The molecule has 4 heterocycles. The zero-order valence-corrected chi connectivity index (χ0v) is 19.8. The van der Waals surface area contributed by atoms with Gasteiger partial charge in [0.05, 0.1) is 28.9 Å². The Kier molecular flexibility index (Phi) is 6.25. The lowest BCUT2D eigenvalue weighted by Crippen LogP contribution is -2.24. The molecular weight excluding hydrogens is 444 g/mol. The van der Waals surface area contributed by atoms with Crippen molar-refractivity contribution in [2.24, 2.45) is 16.6 Å². The molecule has 0 fully saturated rings. The number of thioether (sulfide) groups is 2. The molecule has 2 aliphatic heterocycles. The molecule has 0 amide bonds. The summed E-state index contributed by atoms with van der Waals surface area (Å²) in [4.78, 5) is 47.8. The topological polar surface area (TPSA) is 124 Å². The Morgan fingerprint density at radius 3 is 2.34 bits per heavy atom. The number of hydrogen-bond donors (Lipinski definition) is 1. The molecule has 0 bridgehead atoms. The fourth-order valence-corrected chi connectivity index (χ4v) is 4.93. The molecule has 0 radical (unpaired) electrons. The summed E-state index contributed by atoms with van der Waals surface area (Å²) in [6, 6.07) is 0. The van der Waals surface area contributed by atoms with E-state index in [9.17, 15) is 9.59 Å². The molecule has 0 saturated heterocycles. The average Bonchev–Trinajstić information content (AvgIpc) is 3.23. The summed E-state index contributed by atoms with van der Waals surface area (Å²) in [5, 5.41) is 1.65. The van der Waals surface area contributed by atoms with Crippen LogP contribution in [-0.4, -0.2) is 36.4 Å². The monoisotopic (exact) mass is 466 g/mol. The summed E-state index contributed by atoms with van der Waals surface area (Å²) < 4.78 is 0. The standard InChI is InChI=1S/C22H22N6O2S2/c1-10(2)13(7-23)24-6-5-12-17-19(31-21(12)29)28-18-16(22(30)32-20(18)27-17)15-9-25-14(8-26-15)11(3)4/h6-11H,5,23H2,1-4H3/b13-7-,24-6?. The van der Waals surface area contributed by atoms with Gasteiger partial charge in [-0.05, 0) is 35.4 Å². The molecule has 0 unspecified atom stereocenters. The molecule has 0 aliphatic carbocycles. The van der Waals surface area contributed by atoms with Gasteiger partial charge >= 0.3 is 0 Å². The third-order valence-electron chi connectivity index (χ3n) is 5.00. The number of aromatic nitrogens is 4. The average molecular weight is 467 g/mol. The highest BCUT2D eigenvalue weighted by molar-refractivity contribution is 8.15. The van der Waals surface area contributed by atoms with Crippen molar-refractivity contribution in [3.05, 3.63) is 46.4 Å². The van der Waals surface area contributed by atoms with Crippen LogP contribution in [0.15, 0.2) is 39.3 Å². The van der Waals surface area contributed by atoms with E-state index >= 15 is 0 Å². The van der Waals surface area contributed by atoms with Gasteiger partial charge in [0, 0.05) is 30.6 Å². The van der Waals surface area contributed by atoms with E-state index in [0.29, 0.717) is 44.0 Å². The first-order valence-corrected chi connectivity index (χ1v) is 11.8. The minimum atomic E-state index is -0.177. The first-order chi connectivity index (χ1) is 15.3. The van der Waals surface area contributed by atoms with Crippen molar-refractivity contribution >= 4 is 51.1 Å². The molecule has 4 rings (SSSR count). The molecule has 2 aromatic rings. The summed E-state index contributed by atoms with van der Waals surface area (Å²) in [6.07, 6.45) is 6.71. The lowest BCUT2D eigenvalue weighted by molar-refractivity contribution is -0.107. The first kappa shape index (κ1) is 22.3. The summed E-state index contributed by atoms with van der Waals surface area (Å²) in [5.41, 5.74) is 8.55. The third-order valence-corrected chi connectivity index (χ3v) is 6.78. The van der Waals surface area contributed by atoms with Crippen LogP contribution in [0.5, 0.6) is 0 Å². The lowest BCUT2D eigenvalue weighted by atomic mass is 10.1. The zero-order valence-electron chi connectivity index (χ0n) is 18.1. The van der Waals surface area contributed by atoms with E-state index in [0.717, 1.165) is 34.9 Å². The number of allylic oxidation sites excluding steroid dienone is 1. The van der Waals surface area contributed by atoms with Gasteiger partial charge in [0.2, 0.25) is 10.2 Å². The van der Waals surface area contributed by atoms with E-state index in [1.807, 2.05) is 27.7 Å². The van der Waals surface area contributed by atoms with E-state index in [-0.39, 0.29) is 22.1 Å². The molecule has 10 heteroatoms. The number of nitrogens with two attached hydrogens (primary N) is 1. The second-order valence-electron chi connectivity index (χ2n) is 7.91. The van der Waals surface area contributed by atoms with Crippen LogP contribution >= 0.6 is 23.5 Å². The molecule has 8 nitrogen and oxygen atoms in total. The fraction of sp³-hybridized carbons (Fsp3) is 0.318. The van der Waals surface area contributed by atoms with Crippen molar-refractivity contribution in [3.8, 4) is 0 Å². The van der Waals surface area contributed by atoms with Gasteiger partial charge < -0.3 is 5.73 Å². The molecule has 2 aliphatic rings. The molecule has 2 N–H and O–H groups in total. The number of fused-ring (bicyclic) bond motifs is 2. The maximum Gasteiger partial charge on any atom is 0.230 e. The van der Waals surface area contributed by atoms with Gasteiger partial charge in [0.25, 0.3) is 0 Å². The van der Waals surface area contributed by atoms with Gasteiger partial charge in [-0.25, -0.2) is 9.97 Å². The number of aliphatic imine (C=N–C) groups is 1. The Bertz CT molecular complexity index is 1300. The first-order valence-electron chi connectivity index (χ1n) is 10.2. The summed E-state index contributed by atoms with van der Waals surface area (Å²) >= 11 is 2.02. The maximum atomic E-state index is 12.7. The number of hydrogen-bond acceptors (Lipinski definition) is 10. The quantitative estimate of drug-likeness (QED) is 0.636. The number of rotatable bonds is 6. The maximum absolute atomic E-state index is 12.7. The smallest absolute Gasteiger partial charge is 0.230 e. The zero-order chi connectivity index (χ0) is 23.0. The second kappa shape index (κ2) is 8.95. The number of carbonyl (C=O) groups excluding carboxylic acids is 2. The second-order valence-corrected chi connectivity index (χ2v) is 9.83. The molecular formula is C22H22N6O2S2. The van der Waals surface area contributed by atoms with Crippen LogP contribution in [-0.2, 0) is 9.59 Å². The Hall–Kier alpha value is -2.85. The van der Waals surface area contributed by atoms with Crippen LogP contribution in [0.1, 0.15) is 51.4 Å². The normalized spacial score (nSPS) is 16.1. The van der Waals surface area contributed by atoms with Gasteiger partial charge in [0.1, 0.15) is 20.8 Å². The molecule has 0 spiro atoms. The fourth-order valence-electron chi connectivity index (χ4n) is 3.19. The van der Waals surface area contributed by atoms with Gasteiger partial charge in [-0.15, -0.1) is 0 Å². The molecule has 164 valence electrons. The number of nitrogens with zero attached hydrogens (tertiary/aromatic N) is 5. The highest BCUT2D eigenvalue weighted by atomic mass is 32.2. The van der Waals surface area contributed by atoms with Crippen LogP contribution in [0, 0.1) is 5.92 Å². The largest absolute Gasteiger partial charge is 0.403 e. The van der Waals surface area contributed by atoms with Crippen molar-refractivity contribution in [3.63, 3.8) is 0 Å². The van der Waals surface area contributed by atoms with Crippen molar-refractivity contribution in [2.45, 2.75) is 50.1 Å². The van der Waals surface area contributed by atoms with E-state index in [2.05, 4.69) is 24.9 Å². The van der Waals surface area contributed by atoms with Gasteiger partial charge in [-0.2, -0.15) is 0 Å². The van der Waals surface area contributed by atoms with E-state index in [1.54, 1.807) is 18.6 Å². The van der Waals surface area contributed by atoms with Crippen molar-refractivity contribution in [2.75, 3.05) is 0 Å². The van der Waals surface area contributed by atoms with Crippen LogP contribution < -0.4 is 16.4 Å². The minimum absolute atomic E-state index is 0.114. The highest BCUT2D eigenvalue weighted by Gasteiger charge is 2.31. The minimum Gasteiger partial charge on any atom is -0.403 e. The Labute approximate surface area is 193 Å². The molecule has 0 atom stereocenters. The summed E-state index contributed by atoms with van der Waals surface area (Å²) in [7, 11) is 0. The SMILES string of the molecule is CC(C)/C(=C/N)N=CCC1=c2nc3c(nc2SC1=O)=C(c1cnc(C(C)C)cn1)C(=O)S3. The predicted molar refractivity (Wildman–Crippen MR) is 125 cm³/mol. The van der Waals surface area contributed by atoms with Crippen molar-refractivity contribution in [1.29, 1.82) is 0 Å². The highest BCUT2D eigenvalue weighted by Crippen LogP contribution is 2.30. The van der Waals surface area contributed by atoms with Gasteiger partial charge in [0.15, 0.2) is 0 Å². The summed E-state index contributed by atoms with van der Waals surface area (Å²) in [6.45, 7) is 8.04. The Morgan fingerprint density at radius 1 is 1.03 bits per heavy atom. The van der Waals surface area contributed by atoms with Gasteiger partial charge in [-0.1, -0.05) is 27.7 Å². The molecule has 32 heavy (non-hydrogen) atoms. The predicted octanol–water partition coefficient (Wildman–Crippen LogP) is 1.92. The van der Waals surface area contributed by atoms with Crippen LogP contribution in [0.2, 0.25) is 0 Å². The van der Waals surface area contributed by atoms with Crippen molar-refractivity contribution < 1.29 is 9.59 Å². The van der Waals surface area contributed by atoms with Crippen LogP contribution in [0.3, 0.4) is 0 Å². The van der Waals surface area contributed by atoms with Crippen LogP contribution in [0.4, 0.5) is 0 Å². The van der Waals surface area contributed by atoms with E-state index in [4.69, 9.17) is 5.73 Å². The van der Waals surface area contributed by atoms with E-state index < -0.39 is 0 Å². The summed E-state index contributed by atoms with van der Waals surface area (Å²) in [5.74, 6) is 0.418. The van der Waals surface area contributed by atoms with Crippen LogP contribution in [0.25, 0.3) is 11.1 Å². The Morgan fingerprint density at radius 2 is 1.72 bits per heavy atom. The Balaban J connectivity index is 1.76. The number of carbonyl (C=O) groups is 2.